The highest BCUT2D eigenvalue weighted by Crippen LogP contribution is 2.22. The van der Waals surface area contributed by atoms with E-state index in [0.29, 0.717) is 18.8 Å². The Bertz CT molecular complexity index is 1030. The van der Waals surface area contributed by atoms with Crippen molar-refractivity contribution in [3.63, 3.8) is 0 Å². The number of nitrogens with zero attached hydrogens (tertiary/aromatic N) is 2. The predicted molar refractivity (Wildman–Crippen MR) is 115 cm³/mol. The molecule has 0 spiro atoms. The summed E-state index contributed by atoms with van der Waals surface area (Å²) in [5.74, 6) is -1.05. The number of amides is 1. The number of carbonyl (C=O) groups is 2. The Morgan fingerprint density at radius 1 is 1.07 bits per heavy atom. The Balaban J connectivity index is 1.62. The molecule has 6 nitrogen and oxygen atoms in total. The van der Waals surface area contributed by atoms with Gasteiger partial charge in [-0.25, -0.2) is 9.48 Å². The summed E-state index contributed by atoms with van der Waals surface area (Å²) in [4.78, 5) is 25.0. The van der Waals surface area contributed by atoms with Crippen molar-refractivity contribution in [1.29, 1.82) is 0 Å². The van der Waals surface area contributed by atoms with Crippen LogP contribution in [0.3, 0.4) is 0 Å². The van der Waals surface area contributed by atoms with E-state index in [1.165, 1.54) is 6.92 Å². The van der Waals surface area contributed by atoms with Gasteiger partial charge in [0.2, 0.25) is 0 Å². The molecular formula is C23H24ClN3O3. The molecule has 3 aromatic rings. The SMILES string of the molecule is Cc1ccc(CNC(=O)[C@@H](C)OC(=O)c2c(C)nn(Cc3ccccc3)c2Cl)cc1. The van der Waals surface area contributed by atoms with Crippen molar-refractivity contribution >= 4 is 23.5 Å². The second-order valence-corrected chi connectivity index (χ2v) is 7.50. The largest absolute Gasteiger partial charge is 0.449 e. The Kier molecular flexibility index (Phi) is 6.90. The van der Waals surface area contributed by atoms with Gasteiger partial charge in [-0.05, 0) is 31.9 Å². The highest BCUT2D eigenvalue weighted by Gasteiger charge is 2.25. The van der Waals surface area contributed by atoms with Crippen LogP contribution in [0.2, 0.25) is 5.15 Å². The summed E-state index contributed by atoms with van der Waals surface area (Å²) in [5.41, 5.74) is 3.74. The van der Waals surface area contributed by atoms with Crippen LogP contribution in [-0.4, -0.2) is 27.8 Å². The van der Waals surface area contributed by atoms with Gasteiger partial charge in [-0.15, -0.1) is 0 Å². The molecule has 1 N–H and O–H groups in total. The predicted octanol–water partition coefficient (Wildman–Crippen LogP) is 4.06. The first-order chi connectivity index (χ1) is 14.3. The van der Waals surface area contributed by atoms with E-state index in [9.17, 15) is 9.59 Å². The van der Waals surface area contributed by atoms with Gasteiger partial charge in [-0.3, -0.25) is 4.79 Å². The molecule has 3 rings (SSSR count). The van der Waals surface area contributed by atoms with E-state index in [-0.39, 0.29) is 16.6 Å². The van der Waals surface area contributed by atoms with E-state index in [1.807, 2.05) is 61.5 Å². The van der Waals surface area contributed by atoms with Gasteiger partial charge >= 0.3 is 5.97 Å². The summed E-state index contributed by atoms with van der Waals surface area (Å²) >= 11 is 6.39. The van der Waals surface area contributed by atoms with E-state index in [2.05, 4.69) is 10.4 Å². The maximum atomic E-state index is 12.6. The van der Waals surface area contributed by atoms with Crippen LogP contribution in [0, 0.1) is 13.8 Å². The molecule has 1 atom stereocenters. The molecule has 0 aliphatic rings. The third kappa shape index (κ3) is 5.27. The van der Waals surface area contributed by atoms with Crippen LogP contribution >= 0.6 is 11.6 Å². The van der Waals surface area contributed by atoms with Crippen molar-refractivity contribution in [1.82, 2.24) is 15.1 Å². The van der Waals surface area contributed by atoms with E-state index in [0.717, 1.165) is 16.7 Å². The molecule has 7 heteroatoms. The number of rotatable bonds is 7. The van der Waals surface area contributed by atoms with Gasteiger partial charge in [0, 0.05) is 6.54 Å². The maximum absolute atomic E-state index is 12.6. The minimum Gasteiger partial charge on any atom is -0.449 e. The average Bonchev–Trinajstić information content (AvgIpc) is 3.01. The zero-order valence-corrected chi connectivity index (χ0v) is 17.9. The second kappa shape index (κ2) is 9.59. The molecule has 0 bridgehead atoms. The van der Waals surface area contributed by atoms with Gasteiger partial charge in [-0.2, -0.15) is 5.10 Å². The summed E-state index contributed by atoms with van der Waals surface area (Å²) in [6.07, 6.45) is -0.962. The highest BCUT2D eigenvalue weighted by atomic mass is 35.5. The average molecular weight is 426 g/mol. The molecule has 1 heterocycles. The number of hydrogen-bond acceptors (Lipinski definition) is 4. The van der Waals surface area contributed by atoms with Gasteiger partial charge in [0.25, 0.3) is 5.91 Å². The second-order valence-electron chi connectivity index (χ2n) is 7.15. The van der Waals surface area contributed by atoms with Crippen LogP contribution in [0.1, 0.15) is 39.7 Å². The molecule has 156 valence electrons. The Morgan fingerprint density at radius 2 is 1.73 bits per heavy atom. The van der Waals surface area contributed by atoms with Crippen molar-refractivity contribution in [2.45, 2.75) is 40.0 Å². The highest BCUT2D eigenvalue weighted by molar-refractivity contribution is 6.32. The monoisotopic (exact) mass is 425 g/mol. The van der Waals surface area contributed by atoms with Crippen LogP contribution in [0.25, 0.3) is 0 Å². The number of carbonyl (C=O) groups excluding carboxylic acids is 2. The summed E-state index contributed by atoms with van der Waals surface area (Å²) in [6, 6.07) is 17.5. The standard InChI is InChI=1S/C23H24ClN3O3/c1-15-9-11-18(12-10-15)13-25-22(28)17(3)30-23(29)20-16(2)26-27(21(20)24)14-19-7-5-4-6-8-19/h4-12,17H,13-14H2,1-3H3,(H,25,28)/t17-/m1/s1. The molecular weight excluding hydrogens is 402 g/mol. The lowest BCUT2D eigenvalue weighted by molar-refractivity contribution is -0.129. The van der Waals surface area contributed by atoms with Gasteiger partial charge < -0.3 is 10.1 Å². The third-order valence-corrected chi connectivity index (χ3v) is 5.07. The molecule has 0 radical (unpaired) electrons. The molecule has 1 aromatic heterocycles. The fourth-order valence-corrected chi connectivity index (χ4v) is 3.27. The number of ether oxygens (including phenoxy) is 1. The first-order valence-corrected chi connectivity index (χ1v) is 10.0. The van der Waals surface area contributed by atoms with E-state index >= 15 is 0 Å². The lowest BCUT2D eigenvalue weighted by Crippen LogP contribution is -2.35. The van der Waals surface area contributed by atoms with E-state index < -0.39 is 12.1 Å². The van der Waals surface area contributed by atoms with E-state index in [4.69, 9.17) is 16.3 Å². The van der Waals surface area contributed by atoms with E-state index in [1.54, 1.807) is 11.6 Å². The minimum atomic E-state index is -0.962. The van der Waals surface area contributed by atoms with Crippen LogP contribution in [0.5, 0.6) is 0 Å². The van der Waals surface area contributed by atoms with Crippen molar-refractivity contribution < 1.29 is 14.3 Å². The zero-order valence-electron chi connectivity index (χ0n) is 17.2. The number of aryl methyl sites for hydroxylation is 2. The maximum Gasteiger partial charge on any atom is 0.343 e. The molecule has 1 amide bonds. The first kappa shape index (κ1) is 21.6. The summed E-state index contributed by atoms with van der Waals surface area (Å²) in [5, 5.41) is 7.31. The van der Waals surface area contributed by atoms with Gasteiger partial charge in [0.15, 0.2) is 6.10 Å². The summed E-state index contributed by atoms with van der Waals surface area (Å²) in [7, 11) is 0. The Morgan fingerprint density at radius 3 is 2.40 bits per heavy atom. The number of nitrogens with one attached hydrogen (secondary N) is 1. The number of halogens is 1. The molecule has 0 saturated heterocycles. The van der Waals surface area contributed by atoms with Gasteiger partial charge in [-0.1, -0.05) is 71.8 Å². The molecule has 2 aromatic carbocycles. The quantitative estimate of drug-likeness (QED) is 0.579. The first-order valence-electron chi connectivity index (χ1n) is 9.66. The fourth-order valence-electron chi connectivity index (χ4n) is 2.96. The van der Waals surface area contributed by atoms with Crippen molar-refractivity contribution in [3.8, 4) is 0 Å². The number of hydrogen-bond donors (Lipinski definition) is 1. The Labute approximate surface area is 180 Å². The number of esters is 1. The molecule has 0 fully saturated rings. The van der Waals surface area contributed by atoms with Crippen LogP contribution in [-0.2, 0) is 22.6 Å². The van der Waals surface area contributed by atoms with Crippen LogP contribution in [0.15, 0.2) is 54.6 Å². The third-order valence-electron chi connectivity index (χ3n) is 4.69. The lowest BCUT2D eigenvalue weighted by Gasteiger charge is -2.13. The topological polar surface area (TPSA) is 73.2 Å². The summed E-state index contributed by atoms with van der Waals surface area (Å²) < 4.78 is 6.89. The van der Waals surface area contributed by atoms with Gasteiger partial charge in [0.05, 0.1) is 12.2 Å². The summed E-state index contributed by atoms with van der Waals surface area (Å²) in [6.45, 7) is 6.00. The Hall–Kier alpha value is -3.12. The fraction of sp³-hybridized carbons (Fsp3) is 0.261. The van der Waals surface area contributed by atoms with Crippen molar-refractivity contribution in [3.05, 3.63) is 87.7 Å². The van der Waals surface area contributed by atoms with Crippen LogP contribution in [0.4, 0.5) is 0 Å². The molecule has 30 heavy (non-hydrogen) atoms. The number of aromatic nitrogens is 2. The lowest BCUT2D eigenvalue weighted by atomic mass is 10.1. The number of benzene rings is 2. The molecule has 0 aliphatic heterocycles. The van der Waals surface area contributed by atoms with Crippen LogP contribution < -0.4 is 5.32 Å². The minimum absolute atomic E-state index is 0.172. The zero-order chi connectivity index (χ0) is 21.7. The molecule has 0 unspecified atom stereocenters. The smallest absolute Gasteiger partial charge is 0.343 e. The van der Waals surface area contributed by atoms with Gasteiger partial charge in [0.1, 0.15) is 10.7 Å². The normalized spacial score (nSPS) is 11.7. The van der Waals surface area contributed by atoms with Crippen molar-refractivity contribution in [2.24, 2.45) is 0 Å². The molecule has 0 saturated carbocycles. The molecule has 0 aliphatic carbocycles. The van der Waals surface area contributed by atoms with Crippen molar-refractivity contribution in [2.75, 3.05) is 0 Å².